The molecule has 2 unspecified atom stereocenters. The second-order valence-corrected chi connectivity index (χ2v) is 4.71. The van der Waals surface area contributed by atoms with Crippen molar-refractivity contribution in [2.45, 2.75) is 58.3 Å². The lowest BCUT2D eigenvalue weighted by atomic mass is 9.58. The van der Waals surface area contributed by atoms with Crippen LogP contribution in [-0.4, -0.2) is 37.0 Å². The Labute approximate surface area is 93.2 Å². The Morgan fingerprint density at radius 2 is 2.07 bits per heavy atom. The summed E-state index contributed by atoms with van der Waals surface area (Å²) in [7, 11) is 1.80. The molecule has 1 rings (SSSR count). The average Bonchev–Trinajstić information content (AvgIpc) is 2.18. The zero-order valence-corrected chi connectivity index (χ0v) is 10.4. The molecule has 3 heteroatoms. The van der Waals surface area contributed by atoms with Crippen molar-refractivity contribution in [3.63, 3.8) is 0 Å². The molecule has 3 atom stereocenters. The summed E-state index contributed by atoms with van der Waals surface area (Å²) in [6, 6.07) is 0.507. The predicted molar refractivity (Wildman–Crippen MR) is 61.9 cm³/mol. The molecule has 1 fully saturated rings. The molecular formula is C12H25NO2. The summed E-state index contributed by atoms with van der Waals surface area (Å²) in [5.74, 6) is 0. The monoisotopic (exact) mass is 215 g/mol. The summed E-state index contributed by atoms with van der Waals surface area (Å²) in [6.45, 7) is 6.96. The van der Waals surface area contributed by atoms with Crippen LogP contribution >= 0.6 is 0 Å². The smallest absolute Gasteiger partial charge is 0.0657 e. The average molecular weight is 215 g/mol. The van der Waals surface area contributed by atoms with Crippen LogP contribution in [0.3, 0.4) is 0 Å². The van der Waals surface area contributed by atoms with Crippen LogP contribution in [0.5, 0.6) is 0 Å². The minimum absolute atomic E-state index is 0.266. The number of aliphatic hydroxyl groups is 1. The van der Waals surface area contributed by atoms with Crippen molar-refractivity contribution in [3.8, 4) is 0 Å². The molecule has 0 heterocycles. The fourth-order valence-corrected chi connectivity index (χ4v) is 2.88. The highest BCUT2D eigenvalue weighted by molar-refractivity contribution is 5.06. The van der Waals surface area contributed by atoms with E-state index in [2.05, 4.69) is 19.2 Å². The lowest BCUT2D eigenvalue weighted by Gasteiger charge is -2.55. The molecule has 0 bridgehead atoms. The fourth-order valence-electron chi connectivity index (χ4n) is 2.88. The van der Waals surface area contributed by atoms with E-state index < -0.39 is 0 Å². The minimum Gasteiger partial charge on any atom is -0.392 e. The molecular weight excluding hydrogens is 190 g/mol. The van der Waals surface area contributed by atoms with Crippen molar-refractivity contribution in [3.05, 3.63) is 0 Å². The van der Waals surface area contributed by atoms with Crippen LogP contribution in [0, 0.1) is 5.41 Å². The molecule has 15 heavy (non-hydrogen) atoms. The second-order valence-electron chi connectivity index (χ2n) is 4.71. The maximum absolute atomic E-state index is 9.27. The number of hydrogen-bond acceptors (Lipinski definition) is 3. The molecule has 1 aliphatic rings. The summed E-state index contributed by atoms with van der Waals surface area (Å²) >= 11 is 0. The maximum atomic E-state index is 9.27. The minimum atomic E-state index is -0.266. The molecule has 1 aliphatic carbocycles. The molecule has 90 valence electrons. The SMILES string of the molecule is CCC1(CC)C(NC[C@@H](C)O)CC1OC. The number of aliphatic hydroxyl groups excluding tert-OH is 1. The van der Waals surface area contributed by atoms with E-state index in [-0.39, 0.29) is 11.5 Å². The third-order valence-corrected chi connectivity index (χ3v) is 4.05. The number of nitrogens with one attached hydrogen (secondary N) is 1. The molecule has 0 saturated heterocycles. The summed E-state index contributed by atoms with van der Waals surface area (Å²) < 4.78 is 5.52. The Balaban J connectivity index is 2.52. The largest absolute Gasteiger partial charge is 0.392 e. The first-order valence-electron chi connectivity index (χ1n) is 6.05. The molecule has 3 nitrogen and oxygen atoms in total. The van der Waals surface area contributed by atoms with Gasteiger partial charge in [-0.3, -0.25) is 0 Å². The molecule has 0 amide bonds. The molecule has 0 radical (unpaired) electrons. The van der Waals surface area contributed by atoms with Gasteiger partial charge in [0.05, 0.1) is 12.2 Å². The molecule has 1 saturated carbocycles. The van der Waals surface area contributed by atoms with Crippen LogP contribution in [-0.2, 0) is 4.74 Å². The molecule has 0 aromatic heterocycles. The third kappa shape index (κ3) is 2.35. The highest BCUT2D eigenvalue weighted by atomic mass is 16.5. The van der Waals surface area contributed by atoms with E-state index in [0.29, 0.717) is 18.7 Å². The van der Waals surface area contributed by atoms with Gasteiger partial charge in [-0.25, -0.2) is 0 Å². The standard InChI is InChI=1S/C12H25NO2/c1-5-12(6-2)10(7-11(12)15-4)13-8-9(3)14/h9-11,13-14H,5-8H2,1-4H3/t9-,10?,11?/m1/s1. The van der Waals surface area contributed by atoms with E-state index in [9.17, 15) is 5.11 Å². The number of methoxy groups -OCH3 is 1. The Bertz CT molecular complexity index is 190. The maximum Gasteiger partial charge on any atom is 0.0657 e. The van der Waals surface area contributed by atoms with Gasteiger partial charge in [0.25, 0.3) is 0 Å². The van der Waals surface area contributed by atoms with Crippen molar-refractivity contribution in [2.24, 2.45) is 5.41 Å². The molecule has 0 aromatic carbocycles. The van der Waals surface area contributed by atoms with Gasteiger partial charge in [-0.1, -0.05) is 13.8 Å². The van der Waals surface area contributed by atoms with Gasteiger partial charge in [-0.2, -0.15) is 0 Å². The van der Waals surface area contributed by atoms with Crippen molar-refractivity contribution in [2.75, 3.05) is 13.7 Å². The second kappa shape index (κ2) is 5.28. The fraction of sp³-hybridized carbons (Fsp3) is 1.00. The van der Waals surface area contributed by atoms with Gasteiger partial charge in [0.15, 0.2) is 0 Å². The van der Waals surface area contributed by atoms with E-state index in [1.54, 1.807) is 7.11 Å². The number of rotatable bonds is 6. The normalized spacial score (nSPS) is 31.0. The highest BCUT2D eigenvalue weighted by Gasteiger charge is 2.52. The van der Waals surface area contributed by atoms with Gasteiger partial charge in [-0.05, 0) is 26.2 Å². The van der Waals surface area contributed by atoms with Crippen molar-refractivity contribution in [1.29, 1.82) is 0 Å². The summed E-state index contributed by atoms with van der Waals surface area (Å²) in [5.41, 5.74) is 0.281. The van der Waals surface area contributed by atoms with Gasteiger partial charge in [-0.15, -0.1) is 0 Å². The van der Waals surface area contributed by atoms with Crippen LogP contribution in [0.2, 0.25) is 0 Å². The Kier molecular flexibility index (Phi) is 4.56. The van der Waals surface area contributed by atoms with Crippen molar-refractivity contribution >= 4 is 0 Å². The lowest BCUT2D eigenvalue weighted by molar-refractivity contribution is -0.125. The Morgan fingerprint density at radius 3 is 2.47 bits per heavy atom. The molecule has 0 spiro atoms. The Hall–Kier alpha value is -0.120. The van der Waals surface area contributed by atoms with Crippen LogP contribution in [0.15, 0.2) is 0 Å². The van der Waals surface area contributed by atoms with Gasteiger partial charge in [0.2, 0.25) is 0 Å². The van der Waals surface area contributed by atoms with Gasteiger partial charge < -0.3 is 15.2 Å². The lowest BCUT2D eigenvalue weighted by Crippen LogP contribution is -2.63. The third-order valence-electron chi connectivity index (χ3n) is 4.05. The first-order chi connectivity index (χ1) is 7.10. The summed E-state index contributed by atoms with van der Waals surface area (Å²) in [5, 5.41) is 12.7. The van der Waals surface area contributed by atoms with Crippen LogP contribution < -0.4 is 5.32 Å². The van der Waals surface area contributed by atoms with Gasteiger partial charge in [0, 0.05) is 25.1 Å². The predicted octanol–water partition coefficient (Wildman–Crippen LogP) is 1.55. The van der Waals surface area contributed by atoms with Crippen molar-refractivity contribution < 1.29 is 9.84 Å². The first-order valence-corrected chi connectivity index (χ1v) is 6.05. The van der Waals surface area contributed by atoms with E-state index >= 15 is 0 Å². The van der Waals surface area contributed by atoms with Gasteiger partial charge >= 0.3 is 0 Å². The van der Waals surface area contributed by atoms with E-state index in [1.165, 1.54) is 0 Å². The zero-order valence-electron chi connectivity index (χ0n) is 10.4. The quantitative estimate of drug-likeness (QED) is 0.706. The molecule has 0 aromatic rings. The number of ether oxygens (including phenoxy) is 1. The summed E-state index contributed by atoms with van der Waals surface area (Å²) in [6.07, 6.45) is 3.47. The molecule has 0 aliphatic heterocycles. The topological polar surface area (TPSA) is 41.5 Å². The van der Waals surface area contributed by atoms with Crippen LogP contribution in [0.25, 0.3) is 0 Å². The van der Waals surface area contributed by atoms with Gasteiger partial charge in [0.1, 0.15) is 0 Å². The zero-order chi connectivity index (χ0) is 11.5. The van der Waals surface area contributed by atoms with Crippen molar-refractivity contribution in [1.82, 2.24) is 5.32 Å². The van der Waals surface area contributed by atoms with E-state index in [0.717, 1.165) is 19.3 Å². The van der Waals surface area contributed by atoms with Crippen LogP contribution in [0.1, 0.15) is 40.0 Å². The Morgan fingerprint density at radius 1 is 1.47 bits per heavy atom. The molecule has 2 N–H and O–H groups in total. The number of hydrogen-bond donors (Lipinski definition) is 2. The van der Waals surface area contributed by atoms with Crippen LogP contribution in [0.4, 0.5) is 0 Å². The summed E-state index contributed by atoms with van der Waals surface area (Å²) in [4.78, 5) is 0. The van der Waals surface area contributed by atoms with E-state index in [4.69, 9.17) is 4.74 Å². The van der Waals surface area contributed by atoms with E-state index in [1.807, 2.05) is 6.92 Å². The highest BCUT2D eigenvalue weighted by Crippen LogP contribution is 2.48. The first kappa shape index (κ1) is 12.9.